The lowest BCUT2D eigenvalue weighted by Crippen LogP contribution is -2.10. The van der Waals surface area contributed by atoms with Crippen molar-refractivity contribution < 1.29 is 0 Å². The van der Waals surface area contributed by atoms with Crippen molar-refractivity contribution in [1.29, 1.82) is 0 Å². The van der Waals surface area contributed by atoms with E-state index >= 15 is 0 Å². The van der Waals surface area contributed by atoms with E-state index in [4.69, 9.17) is 0 Å². The molecule has 0 aliphatic carbocycles. The summed E-state index contributed by atoms with van der Waals surface area (Å²) >= 11 is 1.64. The molecule has 4 rings (SSSR count). The van der Waals surface area contributed by atoms with Crippen LogP contribution < -0.4 is 10.6 Å². The monoisotopic (exact) mass is 336 g/mol. The van der Waals surface area contributed by atoms with E-state index in [-0.39, 0.29) is 0 Å². The number of aromatic nitrogens is 2. The Labute approximate surface area is 146 Å². The van der Waals surface area contributed by atoms with Crippen molar-refractivity contribution in [2.75, 3.05) is 18.4 Å². The van der Waals surface area contributed by atoms with Gasteiger partial charge in [0.1, 0.15) is 5.82 Å². The minimum atomic E-state index is 0.748. The van der Waals surface area contributed by atoms with Crippen LogP contribution in [0.25, 0.3) is 10.4 Å². The van der Waals surface area contributed by atoms with Crippen LogP contribution in [0, 0.1) is 5.92 Å². The SMILES string of the molecule is c1ccc(-c2cnc(Nc3ccc(CC4CCNC4)cn3)s2)cc1. The molecule has 1 atom stereocenters. The molecule has 1 unspecified atom stereocenters. The van der Waals surface area contributed by atoms with E-state index in [1.54, 1.807) is 11.3 Å². The van der Waals surface area contributed by atoms with Crippen molar-refractivity contribution in [1.82, 2.24) is 15.3 Å². The molecule has 24 heavy (non-hydrogen) atoms. The first kappa shape index (κ1) is 15.3. The van der Waals surface area contributed by atoms with Gasteiger partial charge in [-0.3, -0.25) is 0 Å². The van der Waals surface area contributed by atoms with Crippen molar-refractivity contribution in [3.63, 3.8) is 0 Å². The molecule has 4 nitrogen and oxygen atoms in total. The second-order valence-electron chi connectivity index (χ2n) is 6.14. The molecule has 122 valence electrons. The highest BCUT2D eigenvalue weighted by Gasteiger charge is 2.14. The van der Waals surface area contributed by atoms with Crippen LogP contribution in [-0.4, -0.2) is 23.1 Å². The fourth-order valence-corrected chi connectivity index (χ4v) is 3.85. The molecule has 0 bridgehead atoms. The smallest absolute Gasteiger partial charge is 0.188 e. The van der Waals surface area contributed by atoms with E-state index < -0.39 is 0 Å². The van der Waals surface area contributed by atoms with Crippen LogP contribution in [-0.2, 0) is 6.42 Å². The Morgan fingerprint density at radius 3 is 2.75 bits per heavy atom. The van der Waals surface area contributed by atoms with E-state index in [2.05, 4.69) is 38.8 Å². The molecule has 1 aliphatic heterocycles. The zero-order chi connectivity index (χ0) is 16.2. The Hall–Kier alpha value is -2.24. The summed E-state index contributed by atoms with van der Waals surface area (Å²) in [4.78, 5) is 10.1. The molecule has 0 amide bonds. The zero-order valence-electron chi connectivity index (χ0n) is 13.4. The Morgan fingerprint density at radius 2 is 2.00 bits per heavy atom. The van der Waals surface area contributed by atoms with Crippen LogP contribution in [0.1, 0.15) is 12.0 Å². The summed E-state index contributed by atoms with van der Waals surface area (Å²) in [6.07, 6.45) is 6.26. The third-order valence-electron chi connectivity index (χ3n) is 4.31. The third-order valence-corrected chi connectivity index (χ3v) is 5.27. The Bertz CT molecular complexity index is 777. The minimum absolute atomic E-state index is 0.748. The van der Waals surface area contributed by atoms with Gasteiger partial charge in [0, 0.05) is 12.4 Å². The van der Waals surface area contributed by atoms with Crippen molar-refractivity contribution in [3.05, 3.63) is 60.4 Å². The summed E-state index contributed by atoms with van der Waals surface area (Å²) in [5.41, 5.74) is 2.50. The molecule has 3 aromatic rings. The van der Waals surface area contributed by atoms with E-state index in [0.29, 0.717) is 0 Å². The van der Waals surface area contributed by atoms with Gasteiger partial charge in [0.2, 0.25) is 0 Å². The van der Waals surface area contributed by atoms with Crippen LogP contribution in [0.3, 0.4) is 0 Å². The van der Waals surface area contributed by atoms with Gasteiger partial charge < -0.3 is 10.6 Å². The molecule has 3 heterocycles. The van der Waals surface area contributed by atoms with Gasteiger partial charge in [-0.2, -0.15) is 0 Å². The number of anilines is 2. The van der Waals surface area contributed by atoms with Gasteiger partial charge in [-0.1, -0.05) is 47.7 Å². The molecule has 1 aromatic carbocycles. The molecule has 2 aromatic heterocycles. The first-order valence-corrected chi connectivity index (χ1v) is 9.12. The second kappa shape index (κ2) is 7.11. The summed E-state index contributed by atoms with van der Waals surface area (Å²) in [6, 6.07) is 14.5. The van der Waals surface area contributed by atoms with E-state index in [9.17, 15) is 0 Å². The van der Waals surface area contributed by atoms with Gasteiger partial charge in [0.25, 0.3) is 0 Å². The van der Waals surface area contributed by atoms with E-state index in [0.717, 1.165) is 41.3 Å². The highest BCUT2D eigenvalue weighted by atomic mass is 32.1. The standard InChI is InChI=1S/C19H20N4S/c1-2-4-16(5-3-1)17-13-22-19(24-17)23-18-7-6-14(12-21-18)10-15-8-9-20-11-15/h1-7,12-13,15,20H,8-11H2,(H,21,22,23). The summed E-state index contributed by atoms with van der Waals surface area (Å²) in [5, 5.41) is 7.58. The maximum Gasteiger partial charge on any atom is 0.188 e. The molecule has 1 fully saturated rings. The number of benzene rings is 1. The quantitative estimate of drug-likeness (QED) is 0.736. The van der Waals surface area contributed by atoms with E-state index in [1.807, 2.05) is 36.7 Å². The molecule has 0 radical (unpaired) electrons. The predicted octanol–water partition coefficient (Wildman–Crippen LogP) is 4.10. The van der Waals surface area contributed by atoms with Gasteiger partial charge in [0.05, 0.1) is 4.88 Å². The minimum Gasteiger partial charge on any atom is -0.316 e. The Balaban J connectivity index is 1.41. The number of hydrogen-bond acceptors (Lipinski definition) is 5. The van der Waals surface area contributed by atoms with Crippen molar-refractivity contribution in [2.24, 2.45) is 5.92 Å². The second-order valence-corrected chi connectivity index (χ2v) is 7.17. The summed E-state index contributed by atoms with van der Waals surface area (Å²) < 4.78 is 0. The van der Waals surface area contributed by atoms with Gasteiger partial charge >= 0.3 is 0 Å². The largest absolute Gasteiger partial charge is 0.316 e. The van der Waals surface area contributed by atoms with Crippen LogP contribution in [0.5, 0.6) is 0 Å². The lowest BCUT2D eigenvalue weighted by atomic mass is 10.00. The molecule has 1 aliphatic rings. The number of thiazole rings is 1. The molecule has 0 spiro atoms. The van der Waals surface area contributed by atoms with Gasteiger partial charge in [-0.15, -0.1) is 0 Å². The number of pyridine rings is 1. The topological polar surface area (TPSA) is 49.8 Å². The highest BCUT2D eigenvalue weighted by Crippen LogP contribution is 2.30. The number of nitrogens with one attached hydrogen (secondary N) is 2. The first-order valence-electron chi connectivity index (χ1n) is 8.31. The molecule has 0 saturated carbocycles. The van der Waals surface area contributed by atoms with E-state index in [1.165, 1.54) is 17.5 Å². The van der Waals surface area contributed by atoms with Crippen molar-refractivity contribution >= 4 is 22.3 Å². The lowest BCUT2D eigenvalue weighted by molar-refractivity contribution is 0.579. The average molecular weight is 336 g/mol. The maximum atomic E-state index is 4.53. The van der Waals surface area contributed by atoms with Crippen LogP contribution in [0.2, 0.25) is 0 Å². The van der Waals surface area contributed by atoms with Gasteiger partial charge in [-0.05, 0) is 49.0 Å². The third kappa shape index (κ3) is 3.63. The fraction of sp³-hybridized carbons (Fsp3) is 0.263. The molecule has 2 N–H and O–H groups in total. The highest BCUT2D eigenvalue weighted by molar-refractivity contribution is 7.18. The zero-order valence-corrected chi connectivity index (χ0v) is 14.2. The molecular weight excluding hydrogens is 316 g/mol. The summed E-state index contributed by atoms with van der Waals surface area (Å²) in [6.45, 7) is 2.27. The average Bonchev–Trinajstić information content (AvgIpc) is 3.29. The Kier molecular flexibility index (Phi) is 4.53. The number of nitrogens with zero attached hydrogens (tertiary/aromatic N) is 2. The van der Waals surface area contributed by atoms with Crippen LogP contribution in [0.4, 0.5) is 10.9 Å². The van der Waals surface area contributed by atoms with Gasteiger partial charge in [0.15, 0.2) is 5.13 Å². The number of rotatable bonds is 5. The van der Waals surface area contributed by atoms with Crippen LogP contribution in [0.15, 0.2) is 54.9 Å². The number of hydrogen-bond donors (Lipinski definition) is 2. The molecule has 5 heteroatoms. The van der Waals surface area contributed by atoms with Gasteiger partial charge in [-0.25, -0.2) is 9.97 Å². The summed E-state index contributed by atoms with van der Waals surface area (Å²) in [5.74, 6) is 1.59. The molecular formula is C19H20N4S. The fourth-order valence-electron chi connectivity index (χ4n) is 3.02. The van der Waals surface area contributed by atoms with Crippen molar-refractivity contribution in [2.45, 2.75) is 12.8 Å². The van der Waals surface area contributed by atoms with Crippen molar-refractivity contribution in [3.8, 4) is 10.4 Å². The van der Waals surface area contributed by atoms with Crippen LogP contribution >= 0.6 is 11.3 Å². The maximum absolute atomic E-state index is 4.53. The molecule has 1 saturated heterocycles. The predicted molar refractivity (Wildman–Crippen MR) is 99.8 cm³/mol. The normalized spacial score (nSPS) is 17.1. The first-order chi connectivity index (χ1) is 11.9. The lowest BCUT2D eigenvalue weighted by Gasteiger charge is -2.08. The summed E-state index contributed by atoms with van der Waals surface area (Å²) in [7, 11) is 0. The Morgan fingerprint density at radius 1 is 1.08 bits per heavy atom.